The molecule has 29 heavy (non-hydrogen) atoms. The maximum absolute atomic E-state index is 12.2. The number of carbonyl (C=O) groups is 2. The van der Waals surface area contributed by atoms with Crippen LogP contribution >= 0.6 is 0 Å². The van der Waals surface area contributed by atoms with E-state index in [2.05, 4.69) is 20.7 Å². The van der Waals surface area contributed by atoms with Gasteiger partial charge in [0.15, 0.2) is 6.61 Å². The molecular formula is C21H21N5O3. The quantitative estimate of drug-likeness (QED) is 0.697. The first-order valence-corrected chi connectivity index (χ1v) is 9.29. The molecule has 2 aromatic carbocycles. The topological polar surface area (TPSA) is 98.1 Å². The van der Waals surface area contributed by atoms with E-state index in [4.69, 9.17) is 4.74 Å². The molecule has 8 heteroatoms. The lowest BCUT2D eigenvalue weighted by Crippen LogP contribution is -2.29. The number of ether oxygens (including phenoxy) is 1. The minimum absolute atomic E-state index is 0.0915. The summed E-state index contributed by atoms with van der Waals surface area (Å²) in [5, 5.41) is 9.75. The highest BCUT2D eigenvalue weighted by molar-refractivity contribution is 5.92. The van der Waals surface area contributed by atoms with E-state index in [0.29, 0.717) is 11.7 Å². The summed E-state index contributed by atoms with van der Waals surface area (Å²) < 4.78 is 7.29. The minimum atomic E-state index is -0.223. The number of hydrogen-bond donors (Lipinski definition) is 2. The Kier molecular flexibility index (Phi) is 4.99. The summed E-state index contributed by atoms with van der Waals surface area (Å²) in [5.74, 6) is 0.691. The van der Waals surface area contributed by atoms with Crippen molar-refractivity contribution in [2.45, 2.75) is 26.3 Å². The van der Waals surface area contributed by atoms with Crippen molar-refractivity contribution in [1.29, 1.82) is 0 Å². The fourth-order valence-electron chi connectivity index (χ4n) is 3.26. The molecule has 0 saturated heterocycles. The second-order valence-electron chi connectivity index (χ2n) is 7.02. The van der Waals surface area contributed by atoms with Crippen molar-refractivity contribution in [2.75, 3.05) is 17.2 Å². The summed E-state index contributed by atoms with van der Waals surface area (Å²) in [7, 11) is 0. The number of hydrogen-bond acceptors (Lipinski definition) is 5. The van der Waals surface area contributed by atoms with Gasteiger partial charge in [0.1, 0.15) is 12.1 Å². The van der Waals surface area contributed by atoms with Gasteiger partial charge in [-0.15, -0.1) is 0 Å². The van der Waals surface area contributed by atoms with E-state index in [-0.39, 0.29) is 30.9 Å². The van der Waals surface area contributed by atoms with Gasteiger partial charge in [-0.25, -0.2) is 4.68 Å². The van der Waals surface area contributed by atoms with Crippen LogP contribution in [0.2, 0.25) is 0 Å². The van der Waals surface area contributed by atoms with Gasteiger partial charge >= 0.3 is 0 Å². The Morgan fingerprint density at radius 2 is 2.03 bits per heavy atom. The first-order valence-electron chi connectivity index (χ1n) is 9.29. The summed E-state index contributed by atoms with van der Waals surface area (Å²) >= 11 is 0. The van der Waals surface area contributed by atoms with Crippen molar-refractivity contribution < 1.29 is 14.3 Å². The summed E-state index contributed by atoms with van der Waals surface area (Å²) in [4.78, 5) is 28.1. The highest BCUT2D eigenvalue weighted by atomic mass is 16.5. The molecule has 4 rings (SSSR count). The molecule has 1 atom stereocenters. The number of aromatic nitrogens is 3. The first kappa shape index (κ1) is 18.7. The molecule has 2 heterocycles. The monoisotopic (exact) mass is 391 g/mol. The van der Waals surface area contributed by atoms with Crippen LogP contribution in [0.3, 0.4) is 0 Å². The van der Waals surface area contributed by atoms with E-state index in [9.17, 15) is 9.59 Å². The Morgan fingerprint density at radius 3 is 2.83 bits per heavy atom. The van der Waals surface area contributed by atoms with Crippen LogP contribution in [0.4, 0.5) is 11.6 Å². The molecule has 0 radical (unpaired) electrons. The molecule has 0 spiro atoms. The van der Waals surface area contributed by atoms with Crippen LogP contribution in [0.15, 0.2) is 48.8 Å². The number of nitrogens with zero attached hydrogens (tertiary/aromatic N) is 3. The molecule has 148 valence electrons. The molecule has 8 nitrogen and oxygen atoms in total. The number of benzene rings is 2. The molecule has 2 N–H and O–H groups in total. The zero-order valence-electron chi connectivity index (χ0n) is 16.2. The molecule has 2 amide bonds. The van der Waals surface area contributed by atoms with Crippen molar-refractivity contribution in [3.8, 4) is 5.75 Å². The number of anilines is 2. The van der Waals surface area contributed by atoms with Gasteiger partial charge in [0, 0.05) is 5.69 Å². The van der Waals surface area contributed by atoms with Crippen molar-refractivity contribution >= 4 is 23.5 Å². The maximum atomic E-state index is 12.2. The molecular weight excluding hydrogens is 370 g/mol. The second-order valence-corrected chi connectivity index (χ2v) is 7.02. The lowest BCUT2D eigenvalue weighted by atomic mass is 10.0. The largest absolute Gasteiger partial charge is 0.484 e. The Bertz CT molecular complexity index is 1060. The predicted octanol–water partition coefficient (Wildman–Crippen LogP) is 2.84. The average Bonchev–Trinajstić information content (AvgIpc) is 3.17. The first-order chi connectivity index (χ1) is 14.0. The number of aryl methyl sites for hydroxylation is 2. The van der Waals surface area contributed by atoms with E-state index in [1.165, 1.54) is 6.33 Å². The molecule has 0 fully saturated rings. The number of rotatable bonds is 5. The van der Waals surface area contributed by atoms with Crippen molar-refractivity contribution in [3.63, 3.8) is 0 Å². The van der Waals surface area contributed by atoms with E-state index >= 15 is 0 Å². The summed E-state index contributed by atoms with van der Waals surface area (Å²) in [5.41, 5.74) is 3.78. The van der Waals surface area contributed by atoms with Gasteiger partial charge in [-0.2, -0.15) is 10.1 Å². The van der Waals surface area contributed by atoms with Gasteiger partial charge in [0.2, 0.25) is 11.9 Å². The smallest absolute Gasteiger partial charge is 0.262 e. The molecule has 1 aromatic heterocycles. The third-order valence-corrected chi connectivity index (χ3v) is 4.80. The summed E-state index contributed by atoms with van der Waals surface area (Å²) in [6, 6.07) is 13.0. The van der Waals surface area contributed by atoms with Gasteiger partial charge in [0.05, 0.1) is 12.5 Å². The van der Waals surface area contributed by atoms with Gasteiger partial charge in [-0.05, 0) is 48.7 Å². The predicted molar refractivity (Wildman–Crippen MR) is 108 cm³/mol. The fraction of sp³-hybridized carbons (Fsp3) is 0.238. The minimum Gasteiger partial charge on any atom is -0.484 e. The second kappa shape index (κ2) is 7.75. The molecule has 0 saturated carbocycles. The third-order valence-electron chi connectivity index (χ3n) is 4.80. The Hall–Kier alpha value is -3.68. The van der Waals surface area contributed by atoms with E-state index in [1.54, 1.807) is 16.8 Å². The fourth-order valence-corrected chi connectivity index (χ4v) is 3.26. The maximum Gasteiger partial charge on any atom is 0.262 e. The zero-order valence-corrected chi connectivity index (χ0v) is 16.2. The van der Waals surface area contributed by atoms with Crippen molar-refractivity contribution in [3.05, 3.63) is 65.5 Å². The highest BCUT2D eigenvalue weighted by Crippen LogP contribution is 2.29. The van der Waals surface area contributed by atoms with Gasteiger partial charge in [-0.1, -0.05) is 24.3 Å². The number of carbonyl (C=O) groups excluding carboxylic acids is 2. The van der Waals surface area contributed by atoms with Crippen LogP contribution in [0.1, 0.15) is 29.2 Å². The Balaban J connectivity index is 1.38. The average molecular weight is 391 g/mol. The molecule has 0 aliphatic carbocycles. The lowest BCUT2D eigenvalue weighted by Gasteiger charge is -2.23. The van der Waals surface area contributed by atoms with E-state index < -0.39 is 0 Å². The molecule has 1 aliphatic rings. The normalized spacial score (nSPS) is 15.4. The number of fused-ring (bicyclic) bond motifs is 1. The van der Waals surface area contributed by atoms with Crippen LogP contribution in [0, 0.1) is 13.8 Å². The summed E-state index contributed by atoms with van der Waals surface area (Å²) in [6.45, 7) is 3.83. The van der Waals surface area contributed by atoms with Gasteiger partial charge < -0.3 is 10.1 Å². The number of amides is 2. The zero-order chi connectivity index (χ0) is 20.4. The summed E-state index contributed by atoms with van der Waals surface area (Å²) in [6.07, 6.45) is 1.70. The molecule has 0 bridgehead atoms. The number of nitrogens with one attached hydrogen (secondary N) is 2. The SMILES string of the molecule is Cc1ccc(C)c(NC(=O)COc2ccc([C@@H]3CC(=O)Nc4ncnn43)cc2)c1. The van der Waals surface area contributed by atoms with Crippen LogP contribution in [0.25, 0.3) is 0 Å². The van der Waals surface area contributed by atoms with Crippen LogP contribution in [-0.4, -0.2) is 33.2 Å². The Morgan fingerprint density at radius 1 is 1.24 bits per heavy atom. The highest BCUT2D eigenvalue weighted by Gasteiger charge is 2.27. The van der Waals surface area contributed by atoms with Gasteiger partial charge in [-0.3, -0.25) is 14.9 Å². The standard InChI is InChI=1S/C21H21N5O3/c1-13-3-4-14(2)17(9-13)24-20(28)11-29-16-7-5-15(6-8-16)18-10-19(27)25-21-22-12-23-26(18)21/h3-9,12,18H,10-11H2,1-2H3,(H,24,28)(H,22,23,25,27)/t18-/m0/s1. The van der Waals surface area contributed by atoms with Crippen molar-refractivity contribution in [2.24, 2.45) is 0 Å². The third kappa shape index (κ3) is 4.11. The Labute approximate surface area is 167 Å². The molecule has 3 aromatic rings. The van der Waals surface area contributed by atoms with Crippen LogP contribution in [0.5, 0.6) is 5.75 Å². The van der Waals surface area contributed by atoms with E-state index in [0.717, 1.165) is 22.4 Å². The van der Waals surface area contributed by atoms with Crippen molar-refractivity contribution in [1.82, 2.24) is 14.8 Å². The lowest BCUT2D eigenvalue weighted by molar-refractivity contribution is -0.118. The van der Waals surface area contributed by atoms with Crippen LogP contribution in [-0.2, 0) is 9.59 Å². The van der Waals surface area contributed by atoms with Crippen LogP contribution < -0.4 is 15.4 Å². The van der Waals surface area contributed by atoms with Gasteiger partial charge in [0.25, 0.3) is 5.91 Å². The van der Waals surface area contributed by atoms with E-state index in [1.807, 2.05) is 44.2 Å². The molecule has 1 aliphatic heterocycles. The molecule has 0 unspecified atom stereocenters.